The molecule has 0 amide bonds. The van der Waals surface area contributed by atoms with Crippen molar-refractivity contribution in [1.82, 2.24) is 9.80 Å². The van der Waals surface area contributed by atoms with Crippen LogP contribution >= 0.6 is 0 Å². The molecule has 5 atom stereocenters. The summed E-state index contributed by atoms with van der Waals surface area (Å²) in [4.78, 5) is 28.3. The molecule has 1 aromatic rings. The molecule has 8 heteroatoms. The maximum atomic E-state index is 11.9. The van der Waals surface area contributed by atoms with Crippen LogP contribution in [0.2, 0.25) is 0 Å². The number of rotatable bonds is 6. The van der Waals surface area contributed by atoms with E-state index in [4.69, 9.17) is 9.47 Å². The smallest absolute Gasteiger partial charge is 0.338 e. The number of esters is 2. The highest BCUT2D eigenvalue weighted by Crippen LogP contribution is 2.40. The van der Waals surface area contributed by atoms with Crippen molar-refractivity contribution in [3.8, 4) is 0 Å². The Morgan fingerprint density at radius 3 is 2.54 bits per heavy atom. The molecule has 1 aromatic carbocycles. The Bertz CT molecular complexity index is 1020. The van der Waals surface area contributed by atoms with E-state index in [-0.39, 0.29) is 36.3 Å². The Balaban J connectivity index is 1.15. The highest BCUT2D eigenvalue weighted by Gasteiger charge is 2.42. The lowest BCUT2D eigenvalue weighted by Gasteiger charge is -2.36. The molecular weight excluding hydrogens is 448 g/mol. The first-order valence-corrected chi connectivity index (χ1v) is 12.8. The summed E-state index contributed by atoms with van der Waals surface area (Å²) >= 11 is 0. The Hall–Kier alpha value is -2.26. The number of hydrogen-bond donors (Lipinski definition) is 2. The van der Waals surface area contributed by atoms with E-state index in [9.17, 15) is 19.8 Å². The Labute approximate surface area is 206 Å². The van der Waals surface area contributed by atoms with Gasteiger partial charge in [-0.2, -0.15) is 0 Å². The maximum Gasteiger partial charge on any atom is 0.338 e. The minimum atomic E-state index is -0.631. The van der Waals surface area contributed by atoms with Gasteiger partial charge < -0.3 is 19.7 Å². The van der Waals surface area contributed by atoms with Gasteiger partial charge in [0.1, 0.15) is 6.61 Å². The van der Waals surface area contributed by atoms with Crippen molar-refractivity contribution in [2.24, 2.45) is 17.8 Å². The highest BCUT2D eigenvalue weighted by molar-refractivity contribution is 5.94. The number of cyclic esters (lactones) is 2. The van der Waals surface area contributed by atoms with Crippen LogP contribution in [0.1, 0.15) is 52.9 Å². The van der Waals surface area contributed by atoms with Gasteiger partial charge in [0, 0.05) is 43.2 Å². The van der Waals surface area contributed by atoms with E-state index in [1.807, 2.05) is 19.1 Å². The van der Waals surface area contributed by atoms with Gasteiger partial charge in [-0.15, -0.1) is 0 Å². The van der Waals surface area contributed by atoms with Crippen molar-refractivity contribution in [3.05, 3.63) is 46.0 Å². The standard InChI is InChI=1S/C27H36N2O6/c1-16-18(4-6-20-22(16)14-34-26(20)32)24(30)12-28-8-3-9-29(11-10-28)13-25(31)19-5-7-21-23(17(19)2)15-35-27(21)33/h4,6-7,17,19,23-25,30-31H,3,5,8-15H2,1-2H3. The van der Waals surface area contributed by atoms with Gasteiger partial charge >= 0.3 is 11.9 Å². The monoisotopic (exact) mass is 484 g/mol. The van der Waals surface area contributed by atoms with Crippen LogP contribution in [0.25, 0.3) is 0 Å². The molecule has 35 heavy (non-hydrogen) atoms. The molecule has 4 aliphatic rings. The predicted octanol–water partition coefficient (Wildman–Crippen LogP) is 1.82. The van der Waals surface area contributed by atoms with Crippen molar-refractivity contribution in [3.63, 3.8) is 0 Å². The summed E-state index contributed by atoms with van der Waals surface area (Å²) in [6.45, 7) is 9.40. The summed E-state index contributed by atoms with van der Waals surface area (Å²) in [5, 5.41) is 22.1. The second-order valence-electron chi connectivity index (χ2n) is 10.5. The molecule has 2 saturated heterocycles. The fourth-order valence-corrected chi connectivity index (χ4v) is 6.30. The van der Waals surface area contributed by atoms with E-state index < -0.39 is 12.2 Å². The van der Waals surface area contributed by atoms with Crippen LogP contribution in [-0.4, -0.2) is 83.9 Å². The molecule has 190 valence electrons. The van der Waals surface area contributed by atoms with Crippen LogP contribution in [0.4, 0.5) is 0 Å². The minimum Gasteiger partial charge on any atom is -0.462 e. The quantitative estimate of drug-likeness (QED) is 0.590. The largest absolute Gasteiger partial charge is 0.462 e. The lowest BCUT2D eigenvalue weighted by Crippen LogP contribution is -2.43. The second-order valence-corrected chi connectivity index (χ2v) is 10.5. The Kier molecular flexibility index (Phi) is 6.99. The van der Waals surface area contributed by atoms with Gasteiger partial charge in [-0.1, -0.05) is 19.1 Å². The third-order valence-electron chi connectivity index (χ3n) is 8.57. The van der Waals surface area contributed by atoms with E-state index in [0.717, 1.165) is 54.9 Å². The van der Waals surface area contributed by atoms with E-state index in [1.165, 1.54) is 0 Å². The lowest BCUT2D eigenvalue weighted by atomic mass is 9.71. The molecule has 2 fully saturated rings. The second kappa shape index (κ2) is 10.0. The summed E-state index contributed by atoms with van der Waals surface area (Å²) in [5.41, 5.74) is 4.08. The third kappa shape index (κ3) is 4.77. The molecule has 8 nitrogen and oxygen atoms in total. The number of ether oxygens (including phenoxy) is 2. The summed E-state index contributed by atoms with van der Waals surface area (Å²) in [5.74, 6) is -0.0432. The lowest BCUT2D eigenvalue weighted by molar-refractivity contribution is -0.135. The number of fused-ring (bicyclic) bond motifs is 2. The summed E-state index contributed by atoms with van der Waals surface area (Å²) < 4.78 is 10.4. The number of nitrogens with zero attached hydrogens (tertiary/aromatic N) is 2. The van der Waals surface area contributed by atoms with Crippen molar-refractivity contribution >= 4 is 11.9 Å². The number of β-amino-alcohol motifs (C(OH)–C–C–N with tert-alkyl or cyclic N) is 2. The number of aliphatic hydroxyl groups excluding tert-OH is 2. The van der Waals surface area contributed by atoms with Gasteiger partial charge in [-0.25, -0.2) is 9.59 Å². The maximum absolute atomic E-state index is 11.9. The topological polar surface area (TPSA) is 99.5 Å². The SMILES string of the molecule is Cc1c(C(O)CN2CCCN(CC(O)C3CC=C4C(=O)OCC4C3C)CC2)ccc2c1COC2=O. The van der Waals surface area contributed by atoms with Gasteiger partial charge in [0.25, 0.3) is 0 Å². The zero-order valence-corrected chi connectivity index (χ0v) is 20.6. The molecule has 3 aliphatic heterocycles. The number of allylic oxidation sites excluding steroid dienone is 1. The molecule has 1 aliphatic carbocycles. The van der Waals surface area contributed by atoms with Gasteiger partial charge in [-0.05, 0) is 61.9 Å². The number of carbonyl (C=O) groups is 2. The van der Waals surface area contributed by atoms with Crippen LogP contribution in [0.15, 0.2) is 23.8 Å². The molecule has 3 heterocycles. The van der Waals surface area contributed by atoms with Crippen molar-refractivity contribution < 1.29 is 29.3 Å². The molecule has 0 bridgehead atoms. The van der Waals surface area contributed by atoms with Gasteiger partial charge in [0.05, 0.1) is 24.4 Å². The zero-order chi connectivity index (χ0) is 24.7. The number of hydrogen-bond acceptors (Lipinski definition) is 8. The summed E-state index contributed by atoms with van der Waals surface area (Å²) in [6, 6.07) is 3.61. The molecule has 0 saturated carbocycles. The van der Waals surface area contributed by atoms with Crippen LogP contribution in [0.3, 0.4) is 0 Å². The summed E-state index contributed by atoms with van der Waals surface area (Å²) in [6.07, 6.45) is 2.58. The number of carbonyl (C=O) groups excluding carboxylic acids is 2. The molecule has 5 rings (SSSR count). The molecular formula is C27H36N2O6. The molecule has 0 radical (unpaired) electrons. The first-order valence-electron chi connectivity index (χ1n) is 12.8. The van der Waals surface area contributed by atoms with Gasteiger partial charge in [-0.3, -0.25) is 9.80 Å². The van der Waals surface area contributed by atoms with Crippen molar-refractivity contribution in [1.29, 1.82) is 0 Å². The van der Waals surface area contributed by atoms with E-state index in [1.54, 1.807) is 6.07 Å². The van der Waals surface area contributed by atoms with Gasteiger partial charge in [0.2, 0.25) is 0 Å². The van der Waals surface area contributed by atoms with Crippen LogP contribution < -0.4 is 0 Å². The first kappa shape index (κ1) is 24.4. The molecule has 0 spiro atoms. The van der Waals surface area contributed by atoms with Gasteiger partial charge in [0.15, 0.2) is 0 Å². The average Bonchev–Trinajstić information content (AvgIpc) is 3.32. The number of benzene rings is 1. The number of aliphatic hydroxyl groups is 2. The fourth-order valence-electron chi connectivity index (χ4n) is 6.30. The van der Waals surface area contributed by atoms with E-state index >= 15 is 0 Å². The molecule has 5 unspecified atom stereocenters. The Morgan fingerprint density at radius 2 is 1.77 bits per heavy atom. The predicted molar refractivity (Wildman–Crippen MR) is 129 cm³/mol. The van der Waals surface area contributed by atoms with Crippen LogP contribution in [0, 0.1) is 24.7 Å². The van der Waals surface area contributed by atoms with E-state index in [0.29, 0.717) is 31.7 Å². The first-order chi connectivity index (χ1) is 16.8. The molecule has 0 aromatic heterocycles. The third-order valence-corrected chi connectivity index (χ3v) is 8.57. The van der Waals surface area contributed by atoms with Crippen LogP contribution in [0.5, 0.6) is 0 Å². The Morgan fingerprint density at radius 1 is 1.03 bits per heavy atom. The molecule has 2 N–H and O–H groups in total. The summed E-state index contributed by atoms with van der Waals surface area (Å²) in [7, 11) is 0. The van der Waals surface area contributed by atoms with Crippen molar-refractivity contribution in [2.45, 2.75) is 45.5 Å². The normalized spacial score (nSPS) is 29.0. The van der Waals surface area contributed by atoms with Crippen molar-refractivity contribution in [2.75, 3.05) is 45.9 Å². The van der Waals surface area contributed by atoms with E-state index in [2.05, 4.69) is 16.7 Å². The fraction of sp³-hybridized carbons (Fsp3) is 0.630. The average molecular weight is 485 g/mol. The van der Waals surface area contributed by atoms with Crippen LogP contribution in [-0.2, 0) is 20.9 Å². The zero-order valence-electron chi connectivity index (χ0n) is 20.6. The minimum absolute atomic E-state index is 0.101. The highest BCUT2D eigenvalue weighted by atomic mass is 16.5.